The molecule has 1 atom stereocenters. The first-order chi connectivity index (χ1) is 17.4. The molecular weight excluding hydrogens is 486 g/mol. The molecule has 4 rings (SSSR count). The highest BCUT2D eigenvalue weighted by atomic mass is 35.5. The van der Waals surface area contributed by atoms with Crippen LogP contribution in [0, 0.1) is 0 Å². The molecule has 2 heterocycles. The number of halogens is 1. The molecule has 1 unspecified atom stereocenters. The molecule has 0 saturated carbocycles. The minimum Gasteiger partial charge on any atom is -0.507 e. The van der Waals surface area contributed by atoms with Crippen molar-refractivity contribution in [3.63, 3.8) is 0 Å². The number of hydrogen-bond donors (Lipinski definition) is 1. The number of nitrogens with zero attached hydrogens (tertiary/aromatic N) is 3. The second kappa shape index (κ2) is 10.7. The van der Waals surface area contributed by atoms with Gasteiger partial charge in [0.1, 0.15) is 11.5 Å². The van der Waals surface area contributed by atoms with Crippen LogP contribution in [0.5, 0.6) is 17.2 Å². The number of aliphatic hydroxyl groups is 1. The van der Waals surface area contributed by atoms with Gasteiger partial charge in [0.2, 0.25) is 0 Å². The largest absolute Gasteiger partial charge is 0.507 e. The van der Waals surface area contributed by atoms with Gasteiger partial charge in [0.25, 0.3) is 11.7 Å². The van der Waals surface area contributed by atoms with Gasteiger partial charge in [-0.25, -0.2) is 4.98 Å². The van der Waals surface area contributed by atoms with E-state index in [4.69, 9.17) is 25.8 Å². The van der Waals surface area contributed by atoms with Crippen LogP contribution in [-0.4, -0.2) is 59.1 Å². The van der Waals surface area contributed by atoms with Gasteiger partial charge < -0.3 is 28.8 Å². The molecule has 0 radical (unpaired) electrons. The Hall–Kier alpha value is -3.98. The average Bonchev–Trinajstić information content (AvgIpc) is 3.50. The Labute approximate surface area is 213 Å². The maximum absolute atomic E-state index is 13.3. The molecule has 3 aromatic rings. The molecule has 1 aliphatic heterocycles. The lowest BCUT2D eigenvalue weighted by Crippen LogP contribution is -2.31. The van der Waals surface area contributed by atoms with E-state index in [1.165, 1.54) is 32.3 Å². The number of carbonyl (C=O) groups is 2. The molecule has 1 aliphatic rings. The molecule has 1 aromatic heterocycles. The molecule has 1 fully saturated rings. The van der Waals surface area contributed by atoms with Gasteiger partial charge in [0, 0.05) is 36.6 Å². The summed E-state index contributed by atoms with van der Waals surface area (Å²) < 4.78 is 18.1. The highest BCUT2D eigenvalue weighted by Gasteiger charge is 2.47. The van der Waals surface area contributed by atoms with E-state index in [1.807, 2.05) is 10.8 Å². The quantitative estimate of drug-likeness (QED) is 0.262. The summed E-state index contributed by atoms with van der Waals surface area (Å²) in [6.07, 6.45) is 5.74. The van der Waals surface area contributed by atoms with Crippen LogP contribution in [0.2, 0.25) is 5.02 Å². The van der Waals surface area contributed by atoms with E-state index in [1.54, 1.807) is 42.9 Å². The minimum atomic E-state index is -0.904. The van der Waals surface area contributed by atoms with E-state index in [0.717, 1.165) is 0 Å². The zero-order valence-electron chi connectivity index (χ0n) is 20.1. The zero-order chi connectivity index (χ0) is 25.8. The van der Waals surface area contributed by atoms with E-state index >= 15 is 0 Å². The molecule has 9 nitrogen and oxygen atoms in total. The Morgan fingerprint density at radius 1 is 1.06 bits per heavy atom. The van der Waals surface area contributed by atoms with Crippen molar-refractivity contribution in [3.8, 4) is 17.2 Å². The molecule has 1 amide bonds. The maximum atomic E-state index is 13.3. The second-order valence-corrected chi connectivity index (χ2v) is 8.49. The number of hydrogen-bond acceptors (Lipinski definition) is 7. The normalized spacial score (nSPS) is 16.9. The monoisotopic (exact) mass is 511 g/mol. The Morgan fingerprint density at radius 2 is 1.83 bits per heavy atom. The van der Waals surface area contributed by atoms with Crippen LogP contribution < -0.4 is 14.2 Å². The van der Waals surface area contributed by atoms with Gasteiger partial charge in [-0.2, -0.15) is 0 Å². The molecule has 1 saturated heterocycles. The topological polar surface area (TPSA) is 103 Å². The summed E-state index contributed by atoms with van der Waals surface area (Å²) in [5.74, 6) is -0.630. The molecular formula is C26H26ClN3O6. The number of para-hydroxylation sites is 1. The lowest BCUT2D eigenvalue weighted by atomic mass is 9.94. The van der Waals surface area contributed by atoms with E-state index in [-0.39, 0.29) is 28.5 Å². The first kappa shape index (κ1) is 25.1. The number of rotatable bonds is 9. The number of benzene rings is 2. The predicted octanol–water partition coefficient (Wildman–Crippen LogP) is 4.07. The van der Waals surface area contributed by atoms with Crippen LogP contribution in [0.15, 0.2) is 60.7 Å². The second-order valence-electron chi connectivity index (χ2n) is 8.08. The van der Waals surface area contributed by atoms with E-state index in [9.17, 15) is 14.7 Å². The highest BCUT2D eigenvalue weighted by molar-refractivity contribution is 6.46. The number of aromatic nitrogens is 2. The van der Waals surface area contributed by atoms with Gasteiger partial charge >= 0.3 is 0 Å². The standard InChI is InChI=1S/C26H26ClN3O6/c1-34-19-9-8-16(14-18(19)27)23(31)21-22(17-6-4-7-20(35-2)25(17)36-3)30(26(33)24(21)32)12-5-11-29-13-10-28-15-29/h4,6-10,13-15,22,31H,5,11-12H2,1-3H3/b23-21-. The average molecular weight is 512 g/mol. The summed E-state index contributed by atoms with van der Waals surface area (Å²) in [5.41, 5.74) is 0.735. The number of amides is 1. The minimum absolute atomic E-state index is 0.0598. The third kappa shape index (κ3) is 4.61. The Bertz CT molecular complexity index is 1310. The lowest BCUT2D eigenvalue weighted by molar-refractivity contribution is -0.140. The number of ketones is 1. The number of likely N-dealkylation sites (tertiary alicyclic amines) is 1. The SMILES string of the molecule is COc1ccc(/C(O)=C2/C(=O)C(=O)N(CCCn3ccnc3)C2c2cccc(OC)c2OC)cc1Cl. The molecule has 2 aromatic carbocycles. The van der Waals surface area contributed by atoms with Gasteiger partial charge in [-0.1, -0.05) is 23.7 Å². The van der Waals surface area contributed by atoms with Crippen molar-refractivity contribution in [2.24, 2.45) is 0 Å². The summed E-state index contributed by atoms with van der Waals surface area (Å²) in [5, 5.41) is 11.6. The van der Waals surface area contributed by atoms with Crippen LogP contribution in [-0.2, 0) is 16.1 Å². The zero-order valence-corrected chi connectivity index (χ0v) is 20.9. The molecule has 1 N–H and O–H groups in total. The van der Waals surface area contributed by atoms with Gasteiger partial charge in [-0.05, 0) is 30.7 Å². The first-order valence-electron chi connectivity index (χ1n) is 11.2. The number of imidazole rings is 1. The van der Waals surface area contributed by atoms with Crippen molar-refractivity contribution in [1.82, 2.24) is 14.5 Å². The predicted molar refractivity (Wildman–Crippen MR) is 133 cm³/mol. The van der Waals surface area contributed by atoms with Crippen molar-refractivity contribution < 1.29 is 28.9 Å². The number of Topliss-reactive ketones (excluding diaryl/α,β-unsaturated/α-hetero) is 1. The first-order valence-corrected chi connectivity index (χ1v) is 11.6. The van der Waals surface area contributed by atoms with Crippen LogP contribution in [0.1, 0.15) is 23.6 Å². The van der Waals surface area contributed by atoms with E-state index < -0.39 is 17.7 Å². The molecule has 0 aliphatic carbocycles. The number of ether oxygens (including phenoxy) is 3. The molecule has 36 heavy (non-hydrogen) atoms. The highest BCUT2D eigenvalue weighted by Crippen LogP contribution is 2.45. The van der Waals surface area contributed by atoms with Crippen molar-refractivity contribution in [1.29, 1.82) is 0 Å². The van der Waals surface area contributed by atoms with E-state index in [0.29, 0.717) is 35.8 Å². The van der Waals surface area contributed by atoms with Crippen LogP contribution in [0.3, 0.4) is 0 Å². The Balaban J connectivity index is 1.83. The molecule has 0 bridgehead atoms. The van der Waals surface area contributed by atoms with Crippen LogP contribution >= 0.6 is 11.6 Å². The van der Waals surface area contributed by atoms with Crippen LogP contribution in [0.4, 0.5) is 0 Å². The fourth-order valence-electron chi connectivity index (χ4n) is 4.37. The Kier molecular flexibility index (Phi) is 7.49. The summed E-state index contributed by atoms with van der Waals surface area (Å²) in [4.78, 5) is 32.0. The summed E-state index contributed by atoms with van der Waals surface area (Å²) in [6, 6.07) is 8.95. The fourth-order valence-corrected chi connectivity index (χ4v) is 4.63. The lowest BCUT2D eigenvalue weighted by Gasteiger charge is -2.27. The number of aliphatic hydroxyl groups excluding tert-OH is 1. The fraction of sp³-hybridized carbons (Fsp3) is 0.269. The van der Waals surface area contributed by atoms with Crippen LogP contribution in [0.25, 0.3) is 5.76 Å². The van der Waals surface area contributed by atoms with Crippen molar-refractivity contribution in [2.45, 2.75) is 19.0 Å². The summed E-state index contributed by atoms with van der Waals surface area (Å²) >= 11 is 6.27. The third-order valence-corrected chi connectivity index (χ3v) is 6.36. The Morgan fingerprint density at radius 3 is 2.47 bits per heavy atom. The van der Waals surface area contributed by atoms with Gasteiger partial charge in [0.15, 0.2) is 11.5 Å². The summed E-state index contributed by atoms with van der Waals surface area (Å²) in [6.45, 7) is 0.854. The summed E-state index contributed by atoms with van der Waals surface area (Å²) in [7, 11) is 4.46. The van der Waals surface area contributed by atoms with Crippen molar-refractivity contribution in [2.75, 3.05) is 27.9 Å². The van der Waals surface area contributed by atoms with Crippen molar-refractivity contribution in [3.05, 3.63) is 76.8 Å². The van der Waals surface area contributed by atoms with E-state index in [2.05, 4.69) is 4.98 Å². The molecule has 10 heteroatoms. The smallest absolute Gasteiger partial charge is 0.295 e. The van der Waals surface area contributed by atoms with Crippen molar-refractivity contribution >= 4 is 29.1 Å². The molecule has 0 spiro atoms. The molecule has 188 valence electrons. The number of carbonyl (C=O) groups excluding carboxylic acids is 2. The third-order valence-electron chi connectivity index (χ3n) is 6.07. The maximum Gasteiger partial charge on any atom is 0.295 e. The van der Waals surface area contributed by atoms with Gasteiger partial charge in [-0.15, -0.1) is 0 Å². The number of aryl methyl sites for hydroxylation is 1. The number of methoxy groups -OCH3 is 3. The van der Waals surface area contributed by atoms with Gasteiger partial charge in [-0.3, -0.25) is 9.59 Å². The van der Waals surface area contributed by atoms with Gasteiger partial charge in [0.05, 0.1) is 44.3 Å².